The van der Waals surface area contributed by atoms with Crippen molar-refractivity contribution in [1.82, 2.24) is 20.0 Å². The second kappa shape index (κ2) is 5.64. The van der Waals surface area contributed by atoms with Crippen LogP contribution >= 0.6 is 0 Å². The molecule has 1 aromatic heterocycles. The molecule has 3 heterocycles. The van der Waals surface area contributed by atoms with Gasteiger partial charge in [0.05, 0.1) is 5.52 Å². The number of aromatic nitrogens is 2. The summed E-state index contributed by atoms with van der Waals surface area (Å²) in [7, 11) is 1.12. The molecule has 1 aromatic carbocycles. The summed E-state index contributed by atoms with van der Waals surface area (Å²) in [4.78, 5) is 14.2. The van der Waals surface area contributed by atoms with Gasteiger partial charge < -0.3 is 10.2 Å². The average Bonchev–Trinajstić information content (AvgIpc) is 3.09. The number of benzene rings is 1. The summed E-state index contributed by atoms with van der Waals surface area (Å²) >= 11 is 0. The van der Waals surface area contributed by atoms with E-state index in [-0.39, 0.29) is 10.9 Å². The molecule has 2 aliphatic heterocycles. The van der Waals surface area contributed by atoms with Gasteiger partial charge in [-0.15, -0.1) is 0 Å². The lowest BCUT2D eigenvalue weighted by Crippen LogP contribution is -2.55. The molecule has 1 N–H and O–H groups in total. The first kappa shape index (κ1) is 6.20. The summed E-state index contributed by atoms with van der Waals surface area (Å²) in [6.07, 6.45) is -15.4. The molecule has 5 nitrogen and oxygen atoms in total. The molecule has 122 valence electrons. The van der Waals surface area contributed by atoms with Gasteiger partial charge in [0.15, 0.2) is 5.69 Å². The Hall–Kier alpha value is -1.88. The Balaban J connectivity index is 1.84. The number of nitrogens with one attached hydrogen (secondary N) is 1. The third-order valence-electron chi connectivity index (χ3n) is 3.96. The molecular formula is C18H24N4O. The Morgan fingerprint density at radius 1 is 1.35 bits per heavy atom. The van der Waals surface area contributed by atoms with Gasteiger partial charge in [0.25, 0.3) is 5.91 Å². The molecule has 0 spiro atoms. The molecule has 0 aliphatic carbocycles. The summed E-state index contributed by atoms with van der Waals surface area (Å²) in [5, 5.41) is 6.16. The number of carbonyl (C=O) groups excluding carboxylic acids is 1. The molecule has 2 atom stereocenters. The summed E-state index contributed by atoms with van der Waals surface area (Å²) in [6.45, 7) is -2.76. The van der Waals surface area contributed by atoms with Crippen LogP contribution in [0, 0.1) is 0 Å². The molecule has 2 aromatic rings. The highest BCUT2D eigenvalue weighted by Crippen LogP contribution is 2.32. The number of para-hydroxylation sites is 1. The Morgan fingerprint density at radius 2 is 2.09 bits per heavy atom. The smallest absolute Gasteiger partial charge is 0.272 e. The number of hydrogen-bond donors (Lipinski definition) is 1. The molecule has 2 saturated heterocycles. The molecular weight excluding hydrogens is 288 g/mol. The van der Waals surface area contributed by atoms with Crippen LogP contribution in [0.15, 0.2) is 24.3 Å². The first-order valence-corrected chi connectivity index (χ1v) is 7.14. The van der Waals surface area contributed by atoms with Crippen LogP contribution in [0.2, 0.25) is 0 Å². The second-order valence-corrected chi connectivity index (χ2v) is 5.40. The number of amides is 1. The van der Waals surface area contributed by atoms with Gasteiger partial charge in [-0.05, 0) is 38.6 Å². The number of piperidine rings is 2. The van der Waals surface area contributed by atoms with E-state index in [0.29, 0.717) is 4.68 Å². The molecule has 5 heteroatoms. The molecule has 0 saturated carbocycles. The first-order chi connectivity index (χ1) is 16.1. The minimum Gasteiger partial charge on any atom is -0.348 e. The van der Waals surface area contributed by atoms with Crippen LogP contribution in [-0.4, -0.2) is 45.8 Å². The zero-order valence-corrected chi connectivity index (χ0v) is 12.3. The maximum atomic E-state index is 13.3. The second-order valence-electron chi connectivity index (χ2n) is 5.40. The number of rotatable bonds is 2. The first-order valence-electron chi connectivity index (χ1n) is 13.6. The Morgan fingerprint density at radius 3 is 2.83 bits per heavy atom. The number of nitrogens with zero attached hydrogens (tertiary/aromatic N) is 3. The van der Waals surface area contributed by atoms with E-state index >= 15 is 0 Å². The summed E-state index contributed by atoms with van der Waals surface area (Å²) in [6, 6.07) is -0.205. The molecule has 1 amide bonds. The van der Waals surface area contributed by atoms with E-state index in [9.17, 15) is 4.79 Å². The number of carbonyl (C=O) groups is 1. The van der Waals surface area contributed by atoms with Gasteiger partial charge in [-0.1, -0.05) is 24.6 Å². The van der Waals surface area contributed by atoms with Crippen molar-refractivity contribution < 1.29 is 22.6 Å². The van der Waals surface area contributed by atoms with Crippen LogP contribution in [0.25, 0.3) is 10.9 Å². The zero-order valence-electron chi connectivity index (χ0n) is 25.3. The molecule has 2 fully saturated rings. The van der Waals surface area contributed by atoms with Crippen molar-refractivity contribution in [2.75, 3.05) is 7.05 Å². The molecule has 23 heavy (non-hydrogen) atoms. The molecule has 2 bridgehead atoms. The van der Waals surface area contributed by atoms with Gasteiger partial charge in [-0.25, -0.2) is 0 Å². The lowest BCUT2D eigenvalue weighted by Gasteiger charge is -2.47. The minimum absolute atomic E-state index is 0.0785. The average molecular weight is 325 g/mol. The SMILES string of the molecule is [2H]C1([2H])C(NC(=O)c2nn(C([2H])([2H])[2H])c3ccccc23)C([2H])([2H])[C@@H]2N(C)[C@@H]1C([2H])([2H])C([2H])([2H])C2([2H])[2H]. The third kappa shape index (κ3) is 2.53. The highest BCUT2D eigenvalue weighted by Gasteiger charge is 2.36. The fourth-order valence-corrected chi connectivity index (χ4v) is 2.73. The van der Waals surface area contributed by atoms with Crippen LogP contribution in [-0.2, 0) is 6.98 Å². The van der Waals surface area contributed by atoms with Crippen molar-refractivity contribution in [2.24, 2.45) is 6.98 Å². The quantitative estimate of drug-likeness (QED) is 0.922. The third-order valence-corrected chi connectivity index (χ3v) is 3.96. The topological polar surface area (TPSA) is 50.2 Å². The van der Waals surface area contributed by atoms with Crippen molar-refractivity contribution in [2.45, 2.75) is 50.0 Å². The summed E-state index contributed by atoms with van der Waals surface area (Å²) in [5.41, 5.74) is -0.353. The summed E-state index contributed by atoms with van der Waals surface area (Å²) < 4.78 is 108. The highest BCUT2D eigenvalue weighted by molar-refractivity contribution is 6.04. The van der Waals surface area contributed by atoms with Crippen molar-refractivity contribution in [3.8, 4) is 0 Å². The summed E-state index contributed by atoms with van der Waals surface area (Å²) in [5.74, 6) is -1.14. The lowest BCUT2D eigenvalue weighted by atomic mass is 9.82. The number of hydrogen-bond acceptors (Lipinski definition) is 3. The van der Waals surface area contributed by atoms with Gasteiger partial charge in [0.1, 0.15) is 0 Å². The molecule has 0 unspecified atom stereocenters. The number of aryl methyl sites for hydroxylation is 1. The van der Waals surface area contributed by atoms with Crippen LogP contribution in [0.4, 0.5) is 0 Å². The molecule has 4 rings (SSSR count). The van der Waals surface area contributed by atoms with E-state index in [1.54, 1.807) is 0 Å². The van der Waals surface area contributed by atoms with Gasteiger partial charge in [0.2, 0.25) is 0 Å². The van der Waals surface area contributed by atoms with E-state index in [1.807, 2.05) is 0 Å². The van der Waals surface area contributed by atoms with Crippen LogP contribution in [0.5, 0.6) is 0 Å². The van der Waals surface area contributed by atoms with Gasteiger partial charge >= 0.3 is 0 Å². The Labute approximate surface area is 154 Å². The molecule has 2 aliphatic rings. The minimum atomic E-state index is -3.27. The predicted octanol–water partition coefficient (Wildman–Crippen LogP) is 2.32. The molecule has 0 radical (unpaired) electrons. The van der Waals surface area contributed by atoms with Crippen LogP contribution in [0.1, 0.15) is 60.2 Å². The van der Waals surface area contributed by atoms with E-state index < -0.39 is 68.6 Å². The van der Waals surface area contributed by atoms with E-state index in [0.717, 1.165) is 11.9 Å². The standard InChI is InChI=1S/C18H24N4O/c1-21-13-6-5-7-14(21)11-12(10-13)19-18(23)17-15-8-3-4-9-16(15)22(2)20-17/h3-4,8-9,12-14H,5-7,10-11H2,1-2H3,(H,19,23)/t13-,14-/m1/s1/i2D3,5D2,6D2,7D2,10D2,11D2. The van der Waals surface area contributed by atoms with Crippen molar-refractivity contribution in [3.05, 3.63) is 30.0 Å². The Kier molecular flexibility index (Phi) is 1.52. The van der Waals surface area contributed by atoms with Gasteiger partial charge in [-0.3, -0.25) is 9.48 Å². The largest absolute Gasteiger partial charge is 0.348 e. The highest BCUT2D eigenvalue weighted by atomic mass is 16.2. The monoisotopic (exact) mass is 325 g/mol. The Bertz CT molecular complexity index is 1180. The lowest BCUT2D eigenvalue weighted by molar-refractivity contribution is 0.0462. The normalized spacial score (nSPS) is 47.9. The van der Waals surface area contributed by atoms with E-state index in [2.05, 4.69) is 10.4 Å². The van der Waals surface area contributed by atoms with Crippen molar-refractivity contribution in [1.29, 1.82) is 0 Å². The van der Waals surface area contributed by atoms with Crippen LogP contribution in [0.3, 0.4) is 0 Å². The maximum absolute atomic E-state index is 13.3. The maximum Gasteiger partial charge on any atom is 0.272 e. The van der Waals surface area contributed by atoms with Crippen molar-refractivity contribution in [3.63, 3.8) is 0 Å². The predicted molar refractivity (Wildman–Crippen MR) is 90.4 cm³/mol. The fourth-order valence-electron chi connectivity index (χ4n) is 2.73. The zero-order chi connectivity index (χ0) is 27.4. The van der Waals surface area contributed by atoms with Gasteiger partial charge in [-0.2, -0.15) is 5.10 Å². The van der Waals surface area contributed by atoms with E-state index in [1.165, 1.54) is 24.3 Å². The number of fused-ring (bicyclic) bond motifs is 3. The van der Waals surface area contributed by atoms with E-state index in [4.69, 9.17) is 17.8 Å². The van der Waals surface area contributed by atoms with Crippen molar-refractivity contribution >= 4 is 16.8 Å². The van der Waals surface area contributed by atoms with Gasteiger partial charge in [0, 0.05) is 48.3 Å². The van der Waals surface area contributed by atoms with Crippen LogP contribution < -0.4 is 5.32 Å². The fraction of sp³-hybridized carbons (Fsp3) is 0.556.